The molecule has 4 nitrogen and oxygen atoms in total. The van der Waals surface area contributed by atoms with Crippen LogP contribution in [0.1, 0.15) is 37.3 Å². The zero-order chi connectivity index (χ0) is 13.1. The highest BCUT2D eigenvalue weighted by molar-refractivity contribution is 6.32. The molecule has 1 atom stereocenters. The summed E-state index contributed by atoms with van der Waals surface area (Å²) >= 11 is 6.11. The maximum absolute atomic E-state index is 10.5. The van der Waals surface area contributed by atoms with Gasteiger partial charge in [0.05, 0.1) is 11.1 Å². The van der Waals surface area contributed by atoms with E-state index in [0.717, 1.165) is 18.4 Å². The van der Waals surface area contributed by atoms with E-state index >= 15 is 0 Å². The minimum Gasteiger partial charge on any atom is -0.489 e. The van der Waals surface area contributed by atoms with Gasteiger partial charge in [0.25, 0.3) is 0 Å². The highest BCUT2D eigenvalue weighted by Gasteiger charge is 2.24. The van der Waals surface area contributed by atoms with Crippen molar-refractivity contribution in [3.05, 3.63) is 28.8 Å². The van der Waals surface area contributed by atoms with E-state index in [1.54, 1.807) is 12.1 Å². The molecule has 1 fully saturated rings. The lowest BCUT2D eigenvalue weighted by atomic mass is 10.0. The van der Waals surface area contributed by atoms with Gasteiger partial charge in [-0.3, -0.25) is 4.79 Å². The summed E-state index contributed by atoms with van der Waals surface area (Å²) in [6, 6.07) is 5.09. The minimum atomic E-state index is -0.842. The molecule has 0 saturated heterocycles. The lowest BCUT2D eigenvalue weighted by Gasteiger charge is -2.13. The van der Waals surface area contributed by atoms with Crippen molar-refractivity contribution in [3.8, 4) is 5.75 Å². The molecule has 0 aromatic heterocycles. The Bertz CT molecular complexity index is 446. The molecule has 1 saturated carbocycles. The van der Waals surface area contributed by atoms with Crippen molar-refractivity contribution in [2.45, 2.75) is 37.8 Å². The number of aliphatic carboxylic acids is 1. The van der Waals surface area contributed by atoms with Gasteiger partial charge in [-0.2, -0.15) is 0 Å². The SMILES string of the molecule is NC(CCC(=O)O)c1ccc(OC2CC2)c(Cl)c1. The highest BCUT2D eigenvalue weighted by atomic mass is 35.5. The maximum Gasteiger partial charge on any atom is 0.303 e. The predicted molar refractivity (Wildman–Crippen MR) is 68.9 cm³/mol. The number of hydrogen-bond acceptors (Lipinski definition) is 3. The summed E-state index contributed by atoms with van der Waals surface area (Å²) in [5.74, 6) is -0.168. The summed E-state index contributed by atoms with van der Waals surface area (Å²) < 4.78 is 5.62. The van der Waals surface area contributed by atoms with E-state index in [1.807, 2.05) is 6.07 Å². The van der Waals surface area contributed by atoms with Crippen molar-refractivity contribution in [3.63, 3.8) is 0 Å². The van der Waals surface area contributed by atoms with E-state index in [0.29, 0.717) is 23.3 Å². The first-order valence-corrected chi connectivity index (χ1v) is 6.37. The Morgan fingerprint density at radius 1 is 1.56 bits per heavy atom. The third-order valence-electron chi connectivity index (χ3n) is 2.87. The molecule has 0 bridgehead atoms. The van der Waals surface area contributed by atoms with Crippen molar-refractivity contribution < 1.29 is 14.6 Å². The van der Waals surface area contributed by atoms with Gasteiger partial charge in [-0.05, 0) is 37.0 Å². The van der Waals surface area contributed by atoms with Crippen LogP contribution in [-0.4, -0.2) is 17.2 Å². The van der Waals surface area contributed by atoms with Gasteiger partial charge < -0.3 is 15.6 Å². The van der Waals surface area contributed by atoms with Gasteiger partial charge in [-0.15, -0.1) is 0 Å². The number of rotatable bonds is 6. The molecule has 1 unspecified atom stereocenters. The average molecular weight is 270 g/mol. The molecule has 3 N–H and O–H groups in total. The van der Waals surface area contributed by atoms with Crippen molar-refractivity contribution >= 4 is 17.6 Å². The fourth-order valence-electron chi connectivity index (χ4n) is 1.65. The van der Waals surface area contributed by atoms with Crippen LogP contribution in [0.4, 0.5) is 0 Å². The molecule has 1 aromatic carbocycles. The monoisotopic (exact) mass is 269 g/mol. The fraction of sp³-hybridized carbons (Fsp3) is 0.462. The van der Waals surface area contributed by atoms with Crippen LogP contribution in [0.2, 0.25) is 5.02 Å². The van der Waals surface area contributed by atoms with Gasteiger partial charge in [0.1, 0.15) is 5.75 Å². The zero-order valence-electron chi connectivity index (χ0n) is 9.93. The number of halogens is 1. The molecule has 0 heterocycles. The molecule has 1 aromatic rings. The van der Waals surface area contributed by atoms with Crippen LogP contribution in [0.3, 0.4) is 0 Å². The second-order valence-corrected chi connectivity index (χ2v) is 4.95. The third kappa shape index (κ3) is 3.62. The van der Waals surface area contributed by atoms with Gasteiger partial charge in [-0.25, -0.2) is 0 Å². The summed E-state index contributed by atoms with van der Waals surface area (Å²) in [6.45, 7) is 0. The molecule has 18 heavy (non-hydrogen) atoms. The summed E-state index contributed by atoms with van der Waals surface area (Å²) in [4.78, 5) is 10.5. The van der Waals surface area contributed by atoms with Crippen LogP contribution in [0.15, 0.2) is 18.2 Å². The first kappa shape index (κ1) is 13.2. The van der Waals surface area contributed by atoms with Crippen molar-refractivity contribution in [1.82, 2.24) is 0 Å². The Morgan fingerprint density at radius 3 is 2.83 bits per heavy atom. The summed E-state index contributed by atoms with van der Waals surface area (Å²) in [5, 5.41) is 9.14. The number of ether oxygens (including phenoxy) is 1. The Balaban J connectivity index is 2.00. The summed E-state index contributed by atoms with van der Waals surface area (Å²) in [7, 11) is 0. The lowest BCUT2D eigenvalue weighted by molar-refractivity contribution is -0.137. The normalized spacial score (nSPS) is 16.3. The highest BCUT2D eigenvalue weighted by Crippen LogP contribution is 2.33. The van der Waals surface area contributed by atoms with E-state index < -0.39 is 5.97 Å². The van der Waals surface area contributed by atoms with E-state index in [1.165, 1.54) is 0 Å². The van der Waals surface area contributed by atoms with E-state index in [4.69, 9.17) is 27.2 Å². The molecule has 0 aliphatic heterocycles. The van der Waals surface area contributed by atoms with Gasteiger partial charge in [0, 0.05) is 12.5 Å². The molecule has 5 heteroatoms. The Kier molecular flexibility index (Phi) is 4.09. The number of hydrogen-bond donors (Lipinski definition) is 2. The van der Waals surface area contributed by atoms with Crippen LogP contribution in [0, 0.1) is 0 Å². The number of benzene rings is 1. The number of carbonyl (C=O) groups is 1. The Hall–Kier alpha value is -1.26. The van der Waals surface area contributed by atoms with E-state index in [9.17, 15) is 4.79 Å². The summed E-state index contributed by atoms with van der Waals surface area (Å²) in [6.07, 6.45) is 2.91. The smallest absolute Gasteiger partial charge is 0.303 e. The fourth-order valence-corrected chi connectivity index (χ4v) is 1.89. The van der Waals surface area contributed by atoms with Crippen molar-refractivity contribution in [2.24, 2.45) is 5.73 Å². The second-order valence-electron chi connectivity index (χ2n) is 4.55. The van der Waals surface area contributed by atoms with Gasteiger partial charge in [-0.1, -0.05) is 17.7 Å². The standard InChI is InChI=1S/C13H16ClNO3/c14-10-7-8(11(15)4-6-13(16)17)1-5-12(10)18-9-2-3-9/h1,5,7,9,11H,2-4,6,15H2,(H,16,17). The first-order chi connectivity index (χ1) is 8.56. The quantitative estimate of drug-likeness (QED) is 0.833. The Morgan fingerprint density at radius 2 is 2.28 bits per heavy atom. The molecule has 98 valence electrons. The maximum atomic E-state index is 10.5. The molecule has 2 rings (SSSR count). The third-order valence-corrected chi connectivity index (χ3v) is 3.17. The molecule has 0 amide bonds. The van der Waals surface area contributed by atoms with Crippen molar-refractivity contribution in [2.75, 3.05) is 0 Å². The molecule has 0 spiro atoms. The van der Waals surface area contributed by atoms with Crippen LogP contribution in [0.25, 0.3) is 0 Å². The first-order valence-electron chi connectivity index (χ1n) is 5.99. The molecule has 1 aliphatic rings. The van der Waals surface area contributed by atoms with Crippen LogP contribution in [-0.2, 0) is 4.79 Å². The Labute approximate surface area is 111 Å². The van der Waals surface area contributed by atoms with Crippen LogP contribution >= 0.6 is 11.6 Å². The topological polar surface area (TPSA) is 72.6 Å². The lowest BCUT2D eigenvalue weighted by Crippen LogP contribution is -2.12. The van der Waals surface area contributed by atoms with Gasteiger partial charge in [0.15, 0.2) is 0 Å². The van der Waals surface area contributed by atoms with E-state index in [-0.39, 0.29) is 12.5 Å². The predicted octanol–water partition coefficient (Wildman–Crippen LogP) is 2.75. The zero-order valence-corrected chi connectivity index (χ0v) is 10.7. The van der Waals surface area contributed by atoms with Gasteiger partial charge >= 0.3 is 5.97 Å². The van der Waals surface area contributed by atoms with Crippen molar-refractivity contribution in [1.29, 1.82) is 0 Å². The molecular weight excluding hydrogens is 254 g/mol. The van der Waals surface area contributed by atoms with Gasteiger partial charge in [0.2, 0.25) is 0 Å². The van der Waals surface area contributed by atoms with E-state index in [2.05, 4.69) is 0 Å². The number of nitrogens with two attached hydrogens (primary N) is 1. The largest absolute Gasteiger partial charge is 0.489 e. The molecule has 0 radical (unpaired) electrons. The second kappa shape index (κ2) is 5.59. The van der Waals surface area contributed by atoms with Crippen LogP contribution in [0.5, 0.6) is 5.75 Å². The summed E-state index contributed by atoms with van der Waals surface area (Å²) in [5.41, 5.74) is 6.75. The number of carboxylic acid groups (broad SMARTS) is 1. The molecule has 1 aliphatic carbocycles. The molecular formula is C13H16ClNO3. The van der Waals surface area contributed by atoms with Crippen LogP contribution < -0.4 is 10.5 Å². The minimum absolute atomic E-state index is 0.0547. The average Bonchev–Trinajstić information content (AvgIpc) is 3.12. The number of carboxylic acids is 1.